The largest absolute Gasteiger partial charge is 0.416 e. The number of benzene rings is 2. The topological polar surface area (TPSA) is 72.7 Å². The van der Waals surface area contributed by atoms with Gasteiger partial charge in [-0.25, -0.2) is 0 Å². The zero-order valence-electron chi connectivity index (χ0n) is 14.0. The lowest BCUT2D eigenvalue weighted by molar-refractivity contribution is -0.137. The summed E-state index contributed by atoms with van der Waals surface area (Å²) in [5, 5.41) is 13.7. The van der Waals surface area contributed by atoms with E-state index in [1.54, 1.807) is 6.92 Å². The minimum absolute atomic E-state index is 0.0740. The molecule has 1 N–H and O–H groups in total. The van der Waals surface area contributed by atoms with E-state index in [9.17, 15) is 18.0 Å². The fraction of sp³-hybridized carbons (Fsp3) is 0.176. The van der Waals surface area contributed by atoms with Crippen LogP contribution in [0.2, 0.25) is 0 Å². The van der Waals surface area contributed by atoms with Crippen molar-refractivity contribution >= 4 is 23.4 Å². The monoisotopic (exact) mass is 393 g/mol. The predicted molar refractivity (Wildman–Crippen MR) is 94.5 cm³/mol. The summed E-state index contributed by atoms with van der Waals surface area (Å²) < 4.78 is 39.8. The molecule has 1 aromatic heterocycles. The number of tetrazole rings is 1. The average Bonchev–Trinajstić information content (AvgIpc) is 3.10. The number of halogens is 3. The molecule has 140 valence electrons. The van der Waals surface area contributed by atoms with Gasteiger partial charge in [0, 0.05) is 5.69 Å². The molecular formula is C17H14F3N5OS. The third-order valence-corrected chi connectivity index (χ3v) is 4.58. The number of carbonyl (C=O) groups excluding carboxylic acids is 1. The molecule has 10 heteroatoms. The molecule has 0 saturated carbocycles. The summed E-state index contributed by atoms with van der Waals surface area (Å²) in [7, 11) is 0. The Bertz CT molecular complexity index is 930. The van der Waals surface area contributed by atoms with Gasteiger partial charge in [-0.05, 0) is 47.7 Å². The first-order chi connectivity index (χ1) is 12.8. The van der Waals surface area contributed by atoms with Gasteiger partial charge < -0.3 is 5.32 Å². The van der Waals surface area contributed by atoms with Crippen LogP contribution in [0.3, 0.4) is 0 Å². The summed E-state index contributed by atoms with van der Waals surface area (Å²) >= 11 is 1.10. The minimum atomic E-state index is -4.47. The summed E-state index contributed by atoms with van der Waals surface area (Å²) in [4.78, 5) is 12.4. The van der Waals surface area contributed by atoms with Crippen LogP contribution in [0, 0.1) is 0 Å². The molecule has 0 bridgehead atoms. The number of amides is 1. The first kappa shape index (κ1) is 18.9. The second kappa shape index (κ2) is 7.78. The second-order valence-electron chi connectivity index (χ2n) is 5.54. The maximum atomic E-state index is 12.8. The van der Waals surface area contributed by atoms with Crippen LogP contribution in [0.15, 0.2) is 59.8 Å². The van der Waals surface area contributed by atoms with Crippen molar-refractivity contribution in [2.75, 3.05) is 5.32 Å². The standard InChI is InChI=1S/C17H14F3N5OS/c1-11(15(26)21-13-7-5-6-12(10-13)17(18,19)20)27-16-22-23-24-25(16)14-8-3-2-4-9-14/h2-11H,1H3,(H,21,26)/t11-/m1/s1. The number of nitrogens with one attached hydrogen (secondary N) is 1. The van der Waals surface area contributed by atoms with E-state index in [4.69, 9.17) is 0 Å². The summed E-state index contributed by atoms with van der Waals surface area (Å²) in [6, 6.07) is 13.6. The molecule has 0 unspecified atom stereocenters. The highest BCUT2D eigenvalue weighted by Gasteiger charge is 2.30. The number of aromatic nitrogens is 4. The van der Waals surface area contributed by atoms with Gasteiger partial charge in [0.05, 0.1) is 16.5 Å². The van der Waals surface area contributed by atoms with Crippen molar-refractivity contribution in [3.8, 4) is 5.69 Å². The van der Waals surface area contributed by atoms with Gasteiger partial charge in [-0.1, -0.05) is 36.0 Å². The summed E-state index contributed by atoms with van der Waals surface area (Å²) in [6.07, 6.45) is -4.47. The lowest BCUT2D eigenvalue weighted by Crippen LogP contribution is -2.23. The van der Waals surface area contributed by atoms with Crippen LogP contribution in [0.1, 0.15) is 12.5 Å². The Kier molecular flexibility index (Phi) is 5.45. The minimum Gasteiger partial charge on any atom is -0.325 e. The zero-order valence-corrected chi connectivity index (χ0v) is 14.8. The number of nitrogens with zero attached hydrogens (tertiary/aromatic N) is 4. The number of hydrogen-bond acceptors (Lipinski definition) is 5. The van der Waals surface area contributed by atoms with Crippen molar-refractivity contribution in [2.24, 2.45) is 0 Å². The number of thioether (sulfide) groups is 1. The third-order valence-electron chi connectivity index (χ3n) is 3.55. The number of rotatable bonds is 5. The molecule has 27 heavy (non-hydrogen) atoms. The molecule has 0 fully saturated rings. The van der Waals surface area contributed by atoms with Gasteiger partial charge in [0.1, 0.15) is 0 Å². The number of carbonyl (C=O) groups is 1. The molecule has 0 aliphatic carbocycles. The van der Waals surface area contributed by atoms with Crippen molar-refractivity contribution in [3.63, 3.8) is 0 Å². The van der Waals surface area contributed by atoms with E-state index < -0.39 is 22.9 Å². The molecule has 0 saturated heterocycles. The van der Waals surface area contributed by atoms with Crippen molar-refractivity contribution < 1.29 is 18.0 Å². The van der Waals surface area contributed by atoms with Crippen LogP contribution < -0.4 is 5.32 Å². The van der Waals surface area contributed by atoms with Crippen molar-refractivity contribution in [1.82, 2.24) is 20.2 Å². The van der Waals surface area contributed by atoms with Gasteiger partial charge in [0.25, 0.3) is 0 Å². The Labute approximate surface area is 156 Å². The highest BCUT2D eigenvalue weighted by Crippen LogP contribution is 2.31. The second-order valence-corrected chi connectivity index (χ2v) is 6.84. The molecular weight excluding hydrogens is 379 g/mol. The predicted octanol–water partition coefficient (Wildman–Crippen LogP) is 3.80. The normalized spacial score (nSPS) is 12.6. The van der Waals surface area contributed by atoms with Crippen molar-refractivity contribution in [1.29, 1.82) is 0 Å². The van der Waals surface area contributed by atoms with Gasteiger partial charge in [0.15, 0.2) is 0 Å². The van der Waals surface area contributed by atoms with Crippen LogP contribution in [0.25, 0.3) is 5.69 Å². The molecule has 0 aliphatic rings. The first-order valence-corrected chi connectivity index (χ1v) is 8.71. The third kappa shape index (κ3) is 4.64. The molecule has 0 spiro atoms. The Balaban J connectivity index is 1.70. The van der Waals surface area contributed by atoms with Gasteiger partial charge in [-0.15, -0.1) is 5.10 Å². The Morgan fingerprint density at radius 2 is 1.89 bits per heavy atom. The van der Waals surface area contributed by atoms with E-state index in [-0.39, 0.29) is 5.69 Å². The Morgan fingerprint density at radius 3 is 2.59 bits per heavy atom. The summed E-state index contributed by atoms with van der Waals surface area (Å²) in [5.41, 5.74) is -0.0194. The molecule has 3 rings (SSSR count). The maximum absolute atomic E-state index is 12.8. The van der Waals surface area contributed by atoms with E-state index in [0.29, 0.717) is 5.16 Å². The Morgan fingerprint density at radius 1 is 1.15 bits per heavy atom. The molecule has 0 aliphatic heterocycles. The van der Waals surface area contributed by atoms with Crippen LogP contribution in [-0.2, 0) is 11.0 Å². The van der Waals surface area contributed by atoms with Gasteiger partial charge >= 0.3 is 6.18 Å². The lowest BCUT2D eigenvalue weighted by Gasteiger charge is -2.13. The first-order valence-electron chi connectivity index (χ1n) is 7.83. The van der Waals surface area contributed by atoms with Gasteiger partial charge in [-0.2, -0.15) is 17.9 Å². The molecule has 6 nitrogen and oxygen atoms in total. The molecule has 3 aromatic rings. The maximum Gasteiger partial charge on any atom is 0.416 e. The van der Waals surface area contributed by atoms with Crippen molar-refractivity contribution in [3.05, 3.63) is 60.2 Å². The smallest absolute Gasteiger partial charge is 0.325 e. The van der Waals surface area contributed by atoms with Crippen LogP contribution in [-0.4, -0.2) is 31.4 Å². The highest BCUT2D eigenvalue weighted by atomic mass is 32.2. The average molecular weight is 393 g/mol. The fourth-order valence-electron chi connectivity index (χ4n) is 2.21. The SMILES string of the molecule is C[C@@H](Sc1nnnn1-c1ccccc1)C(=O)Nc1cccc(C(F)(F)F)c1. The Hall–Kier alpha value is -2.88. The molecule has 1 heterocycles. The summed E-state index contributed by atoms with van der Waals surface area (Å²) in [6.45, 7) is 1.62. The number of para-hydroxylation sites is 1. The van der Waals surface area contributed by atoms with E-state index in [1.165, 1.54) is 16.8 Å². The van der Waals surface area contributed by atoms with E-state index in [0.717, 1.165) is 29.6 Å². The molecule has 1 atom stereocenters. The van der Waals surface area contributed by atoms with Gasteiger partial charge in [-0.3, -0.25) is 4.79 Å². The fourth-order valence-corrected chi connectivity index (χ4v) is 3.02. The molecule has 2 aromatic carbocycles. The zero-order chi connectivity index (χ0) is 19.4. The quantitative estimate of drug-likeness (QED) is 0.668. The number of hydrogen-bond donors (Lipinski definition) is 1. The number of alkyl halides is 3. The van der Waals surface area contributed by atoms with Crippen LogP contribution in [0.4, 0.5) is 18.9 Å². The number of anilines is 1. The molecule has 1 amide bonds. The highest BCUT2D eigenvalue weighted by molar-refractivity contribution is 8.00. The van der Waals surface area contributed by atoms with Gasteiger partial charge in [0.2, 0.25) is 11.1 Å². The van der Waals surface area contributed by atoms with Crippen LogP contribution >= 0.6 is 11.8 Å². The van der Waals surface area contributed by atoms with E-state index in [1.807, 2.05) is 30.3 Å². The summed E-state index contributed by atoms with van der Waals surface area (Å²) in [5.74, 6) is -0.457. The van der Waals surface area contributed by atoms with E-state index >= 15 is 0 Å². The van der Waals surface area contributed by atoms with Crippen molar-refractivity contribution in [2.45, 2.75) is 23.5 Å². The van der Waals surface area contributed by atoms with Crippen LogP contribution in [0.5, 0.6) is 0 Å². The van der Waals surface area contributed by atoms with E-state index in [2.05, 4.69) is 20.8 Å². The lowest BCUT2D eigenvalue weighted by atomic mass is 10.2. The molecule has 0 radical (unpaired) electrons.